The third kappa shape index (κ3) is 9.30. The minimum Gasteiger partial charge on any atom is -0.396 e. The van der Waals surface area contributed by atoms with Gasteiger partial charge in [0.05, 0.1) is 6.21 Å². The van der Waals surface area contributed by atoms with Crippen molar-refractivity contribution >= 4 is 6.21 Å². The van der Waals surface area contributed by atoms with Crippen molar-refractivity contribution in [3.8, 4) is 0 Å². The summed E-state index contributed by atoms with van der Waals surface area (Å²) in [6.45, 7) is 7.17. The highest BCUT2D eigenvalue weighted by molar-refractivity contribution is 5.62. The molecule has 0 aliphatic carbocycles. The van der Waals surface area contributed by atoms with Crippen molar-refractivity contribution in [2.75, 3.05) is 13.2 Å². The Bertz CT molecular complexity index is 138. The molecule has 4 heteroatoms. The summed E-state index contributed by atoms with van der Waals surface area (Å²) in [5.74, 6) is 0. The minimum absolute atomic E-state index is 0.375. The molecule has 0 bridgehead atoms. The van der Waals surface area contributed by atoms with Gasteiger partial charge in [0.2, 0.25) is 0 Å². The molecule has 0 aromatic rings. The van der Waals surface area contributed by atoms with Crippen LogP contribution in [0.3, 0.4) is 0 Å². The molecule has 0 heterocycles. The molecule has 0 spiro atoms. The van der Waals surface area contributed by atoms with Crippen molar-refractivity contribution in [3.63, 3.8) is 0 Å². The molecular weight excluding hydrogens is 168 g/mol. The SMILES string of the molecule is CCCO/N=C\C(O)CNC(C)C. The lowest BCUT2D eigenvalue weighted by atomic mass is 10.3. The Morgan fingerprint density at radius 3 is 2.77 bits per heavy atom. The van der Waals surface area contributed by atoms with Gasteiger partial charge in [-0.1, -0.05) is 25.9 Å². The van der Waals surface area contributed by atoms with E-state index in [9.17, 15) is 5.11 Å². The zero-order valence-electron chi connectivity index (χ0n) is 8.66. The highest BCUT2D eigenvalue weighted by atomic mass is 16.6. The molecule has 0 radical (unpaired) electrons. The van der Waals surface area contributed by atoms with Gasteiger partial charge < -0.3 is 15.3 Å². The fourth-order valence-corrected chi connectivity index (χ4v) is 0.666. The Hall–Kier alpha value is -0.610. The Kier molecular flexibility index (Phi) is 7.63. The van der Waals surface area contributed by atoms with E-state index in [1.165, 1.54) is 6.21 Å². The molecule has 4 nitrogen and oxygen atoms in total. The maximum absolute atomic E-state index is 9.31. The number of nitrogens with one attached hydrogen (secondary N) is 1. The van der Waals surface area contributed by atoms with Crippen molar-refractivity contribution < 1.29 is 9.94 Å². The number of aliphatic hydroxyl groups excluding tert-OH is 1. The van der Waals surface area contributed by atoms with Crippen molar-refractivity contribution in [3.05, 3.63) is 0 Å². The van der Waals surface area contributed by atoms with Crippen LogP contribution in [0.25, 0.3) is 0 Å². The van der Waals surface area contributed by atoms with Gasteiger partial charge in [0.25, 0.3) is 0 Å². The first-order valence-electron chi connectivity index (χ1n) is 4.73. The smallest absolute Gasteiger partial charge is 0.116 e. The third-order valence-corrected chi connectivity index (χ3v) is 1.34. The lowest BCUT2D eigenvalue weighted by Gasteiger charge is -2.09. The van der Waals surface area contributed by atoms with Crippen LogP contribution in [0.2, 0.25) is 0 Å². The molecule has 13 heavy (non-hydrogen) atoms. The van der Waals surface area contributed by atoms with E-state index in [1.54, 1.807) is 0 Å². The first-order chi connectivity index (χ1) is 6.16. The average Bonchev–Trinajstić information content (AvgIpc) is 2.09. The molecule has 1 atom stereocenters. The number of oxime groups is 1. The van der Waals surface area contributed by atoms with E-state index < -0.39 is 6.10 Å². The Morgan fingerprint density at radius 1 is 1.54 bits per heavy atom. The van der Waals surface area contributed by atoms with Gasteiger partial charge in [0, 0.05) is 12.6 Å². The maximum atomic E-state index is 9.31. The number of nitrogens with zero attached hydrogens (tertiary/aromatic N) is 1. The van der Waals surface area contributed by atoms with Gasteiger partial charge in [-0.2, -0.15) is 0 Å². The lowest BCUT2D eigenvalue weighted by molar-refractivity contribution is 0.140. The second-order valence-electron chi connectivity index (χ2n) is 3.22. The summed E-state index contributed by atoms with van der Waals surface area (Å²) in [6, 6.07) is 0.375. The van der Waals surface area contributed by atoms with Crippen LogP contribution in [0.15, 0.2) is 5.16 Å². The molecule has 0 rings (SSSR count). The summed E-state index contributed by atoms with van der Waals surface area (Å²) in [7, 11) is 0. The van der Waals surface area contributed by atoms with Crippen LogP contribution in [0.4, 0.5) is 0 Å². The molecule has 1 unspecified atom stereocenters. The lowest BCUT2D eigenvalue weighted by Crippen LogP contribution is -2.32. The summed E-state index contributed by atoms with van der Waals surface area (Å²) in [6.07, 6.45) is 1.77. The number of hydrogen-bond donors (Lipinski definition) is 2. The van der Waals surface area contributed by atoms with Crippen LogP contribution in [-0.4, -0.2) is 36.6 Å². The molecule has 0 fully saturated rings. The predicted molar refractivity (Wildman–Crippen MR) is 53.9 cm³/mol. The molecule has 0 aromatic carbocycles. The van der Waals surface area contributed by atoms with Crippen molar-refractivity contribution in [2.45, 2.75) is 39.3 Å². The van der Waals surface area contributed by atoms with Crippen LogP contribution in [0.1, 0.15) is 27.2 Å². The largest absolute Gasteiger partial charge is 0.396 e. The van der Waals surface area contributed by atoms with Crippen molar-refractivity contribution in [2.24, 2.45) is 5.16 Å². The first-order valence-corrected chi connectivity index (χ1v) is 4.73. The quantitative estimate of drug-likeness (QED) is 0.352. The summed E-state index contributed by atoms with van der Waals surface area (Å²) >= 11 is 0. The monoisotopic (exact) mass is 188 g/mol. The van der Waals surface area contributed by atoms with Gasteiger partial charge in [0.15, 0.2) is 0 Å². The van der Waals surface area contributed by atoms with Crippen LogP contribution in [-0.2, 0) is 4.84 Å². The summed E-state index contributed by atoms with van der Waals surface area (Å²) in [5.41, 5.74) is 0. The molecule has 0 saturated heterocycles. The van der Waals surface area contributed by atoms with Crippen LogP contribution >= 0.6 is 0 Å². The van der Waals surface area contributed by atoms with Gasteiger partial charge in [-0.15, -0.1) is 0 Å². The highest BCUT2D eigenvalue weighted by Gasteiger charge is 2.00. The topological polar surface area (TPSA) is 53.9 Å². The van der Waals surface area contributed by atoms with Crippen molar-refractivity contribution in [1.82, 2.24) is 5.32 Å². The van der Waals surface area contributed by atoms with Gasteiger partial charge in [0.1, 0.15) is 12.7 Å². The van der Waals surface area contributed by atoms with Gasteiger partial charge in [-0.25, -0.2) is 0 Å². The molecule has 0 amide bonds. The van der Waals surface area contributed by atoms with E-state index in [0.29, 0.717) is 19.2 Å². The third-order valence-electron chi connectivity index (χ3n) is 1.34. The van der Waals surface area contributed by atoms with E-state index in [2.05, 4.69) is 10.5 Å². The second-order valence-corrected chi connectivity index (χ2v) is 3.22. The van der Waals surface area contributed by atoms with Gasteiger partial charge in [-0.05, 0) is 6.42 Å². The molecule has 0 aliphatic rings. The number of aliphatic hydroxyl groups is 1. The summed E-state index contributed by atoms with van der Waals surface area (Å²) in [5, 5.41) is 16.0. The van der Waals surface area contributed by atoms with E-state index in [-0.39, 0.29) is 0 Å². The fourth-order valence-electron chi connectivity index (χ4n) is 0.666. The molecule has 0 aliphatic heterocycles. The van der Waals surface area contributed by atoms with Crippen LogP contribution in [0, 0.1) is 0 Å². The number of hydrogen-bond acceptors (Lipinski definition) is 4. The summed E-state index contributed by atoms with van der Waals surface area (Å²) < 4.78 is 0. The first kappa shape index (κ1) is 12.4. The highest BCUT2D eigenvalue weighted by Crippen LogP contribution is 1.83. The zero-order valence-corrected chi connectivity index (χ0v) is 8.66. The maximum Gasteiger partial charge on any atom is 0.116 e. The van der Waals surface area contributed by atoms with Crippen molar-refractivity contribution in [1.29, 1.82) is 0 Å². The van der Waals surface area contributed by atoms with E-state index in [4.69, 9.17) is 4.84 Å². The molecule has 0 saturated carbocycles. The van der Waals surface area contributed by atoms with E-state index >= 15 is 0 Å². The zero-order chi connectivity index (χ0) is 10.1. The van der Waals surface area contributed by atoms with Gasteiger partial charge >= 0.3 is 0 Å². The Morgan fingerprint density at radius 2 is 2.23 bits per heavy atom. The number of rotatable bonds is 7. The Balaban J connectivity index is 3.38. The van der Waals surface area contributed by atoms with Gasteiger partial charge in [-0.3, -0.25) is 0 Å². The summed E-state index contributed by atoms with van der Waals surface area (Å²) in [4.78, 5) is 4.84. The molecular formula is C9H20N2O2. The second kappa shape index (κ2) is 8.01. The normalized spacial score (nSPS) is 13.9. The van der Waals surface area contributed by atoms with E-state index in [0.717, 1.165) is 6.42 Å². The standard InChI is InChI=1S/C9H20N2O2/c1-4-5-13-11-7-9(12)6-10-8(2)3/h7-10,12H,4-6H2,1-3H3/b11-7-. The predicted octanol–water partition coefficient (Wildman–Crippen LogP) is 0.758. The molecule has 78 valence electrons. The Labute approximate surface area is 80.0 Å². The average molecular weight is 188 g/mol. The van der Waals surface area contributed by atoms with Crippen LogP contribution < -0.4 is 5.32 Å². The van der Waals surface area contributed by atoms with Crippen LogP contribution in [0.5, 0.6) is 0 Å². The minimum atomic E-state index is -0.570. The molecule has 0 aromatic heterocycles. The molecule has 2 N–H and O–H groups in total. The van der Waals surface area contributed by atoms with E-state index in [1.807, 2.05) is 20.8 Å². The fraction of sp³-hybridized carbons (Fsp3) is 0.889.